The summed E-state index contributed by atoms with van der Waals surface area (Å²) in [4.78, 5) is 14.9. The van der Waals surface area contributed by atoms with Gasteiger partial charge in [-0.3, -0.25) is 9.69 Å². The van der Waals surface area contributed by atoms with Crippen LogP contribution in [0.15, 0.2) is 83.8 Å². The molecular weight excluding hydrogens is 500 g/mol. The number of rotatable bonds is 9. The molecule has 0 saturated carbocycles. The molecule has 0 spiro atoms. The van der Waals surface area contributed by atoms with Crippen molar-refractivity contribution in [2.45, 2.75) is 35.9 Å². The molecule has 5 atom stereocenters. The van der Waals surface area contributed by atoms with Crippen molar-refractivity contribution in [2.75, 3.05) is 26.5 Å². The molecule has 0 aromatic heterocycles. The van der Waals surface area contributed by atoms with Crippen molar-refractivity contribution in [1.82, 2.24) is 10.2 Å². The second-order valence-corrected chi connectivity index (χ2v) is 12.4. The maximum Gasteiger partial charge on any atom is 0.308 e. The number of ether oxygens (including phenoxy) is 1. The van der Waals surface area contributed by atoms with Crippen LogP contribution in [0.4, 0.5) is 0 Å². The van der Waals surface area contributed by atoms with Gasteiger partial charge in [0.15, 0.2) is 9.84 Å². The average Bonchev–Trinajstić information content (AvgIpc) is 2.93. The lowest BCUT2D eigenvalue weighted by atomic mass is 9.66. The number of fused-ring (bicyclic) bond motifs is 3. The molecule has 3 aliphatic heterocycles. The van der Waals surface area contributed by atoms with E-state index >= 15 is 0 Å². The van der Waals surface area contributed by atoms with Gasteiger partial charge in [0.05, 0.1) is 17.9 Å². The predicted octanol–water partition coefficient (Wildman–Crippen LogP) is 3.79. The summed E-state index contributed by atoms with van der Waals surface area (Å²) in [5.41, 5.74) is 3.10. The minimum atomic E-state index is -3.39. The highest BCUT2D eigenvalue weighted by molar-refractivity contribution is 7.90. The van der Waals surface area contributed by atoms with Gasteiger partial charge < -0.3 is 15.2 Å². The normalized spacial score (nSPS) is 24.9. The summed E-state index contributed by atoms with van der Waals surface area (Å²) in [5.74, 6) is -0.648. The van der Waals surface area contributed by atoms with Crippen LogP contribution in [0, 0.1) is 11.8 Å². The molecule has 6 rings (SSSR count). The summed E-state index contributed by atoms with van der Waals surface area (Å²) >= 11 is 0. The quantitative estimate of drug-likeness (QED) is 0.431. The number of methoxy groups -OCH3 is 1. The molecule has 5 unspecified atom stereocenters. The number of hydrogen-bond acceptors (Lipinski definition) is 6. The number of nitrogens with one attached hydrogen (secondary N) is 1. The highest BCUT2D eigenvalue weighted by atomic mass is 32.2. The minimum absolute atomic E-state index is 0.0261. The Kier molecular flexibility index (Phi) is 7.56. The van der Waals surface area contributed by atoms with Crippen LogP contribution in [0.3, 0.4) is 0 Å². The van der Waals surface area contributed by atoms with Gasteiger partial charge in [-0.25, -0.2) is 8.42 Å². The molecule has 200 valence electrons. The average molecular weight is 535 g/mol. The summed E-state index contributed by atoms with van der Waals surface area (Å²) in [6.07, 6.45) is 1.99. The highest BCUT2D eigenvalue weighted by Crippen LogP contribution is 2.44. The van der Waals surface area contributed by atoms with Gasteiger partial charge in [-0.2, -0.15) is 0 Å². The zero-order chi connectivity index (χ0) is 26.9. The van der Waals surface area contributed by atoms with Crippen LogP contribution >= 0.6 is 0 Å². The molecule has 3 heterocycles. The Morgan fingerprint density at radius 2 is 1.68 bits per heavy atom. The first-order valence-corrected chi connectivity index (χ1v) is 14.8. The zero-order valence-electron chi connectivity index (χ0n) is 21.7. The number of sulfone groups is 1. The highest BCUT2D eigenvalue weighted by Gasteiger charge is 2.52. The minimum Gasteiger partial charge on any atom is -0.496 e. The van der Waals surface area contributed by atoms with Crippen molar-refractivity contribution in [2.24, 2.45) is 11.8 Å². The summed E-state index contributed by atoms with van der Waals surface area (Å²) in [5, 5.41) is 13.8. The third-order valence-corrected chi connectivity index (χ3v) is 9.24. The van der Waals surface area contributed by atoms with Gasteiger partial charge in [0.1, 0.15) is 5.75 Å². The van der Waals surface area contributed by atoms with E-state index in [0.717, 1.165) is 18.5 Å². The lowest BCUT2D eigenvalue weighted by molar-refractivity contribution is -0.152. The van der Waals surface area contributed by atoms with Gasteiger partial charge in [0.2, 0.25) is 0 Å². The fraction of sp³-hybridized carbons (Fsp3) is 0.367. The molecule has 2 N–H and O–H groups in total. The van der Waals surface area contributed by atoms with E-state index in [1.165, 1.54) is 17.4 Å². The first kappa shape index (κ1) is 26.4. The van der Waals surface area contributed by atoms with Crippen molar-refractivity contribution in [3.05, 3.63) is 95.6 Å². The molecule has 0 radical (unpaired) electrons. The molecule has 3 saturated heterocycles. The van der Waals surface area contributed by atoms with Crippen molar-refractivity contribution in [3.63, 3.8) is 0 Å². The number of aliphatic carboxylic acids is 1. The van der Waals surface area contributed by atoms with Crippen LogP contribution in [-0.2, 0) is 21.2 Å². The fourth-order valence-corrected chi connectivity index (χ4v) is 7.06. The Hall–Kier alpha value is -3.20. The Morgan fingerprint density at radius 3 is 2.24 bits per heavy atom. The summed E-state index contributed by atoms with van der Waals surface area (Å²) in [6, 6.07) is 25.6. The van der Waals surface area contributed by atoms with Crippen LogP contribution in [0.1, 0.15) is 29.0 Å². The number of piperidine rings is 3. The van der Waals surface area contributed by atoms with E-state index in [-0.39, 0.29) is 28.8 Å². The van der Waals surface area contributed by atoms with Crippen molar-refractivity contribution >= 4 is 15.8 Å². The summed E-state index contributed by atoms with van der Waals surface area (Å²) in [6.45, 7) is 1.73. The van der Waals surface area contributed by atoms with E-state index in [9.17, 15) is 18.3 Å². The topological polar surface area (TPSA) is 95.9 Å². The van der Waals surface area contributed by atoms with E-state index in [4.69, 9.17) is 4.74 Å². The molecule has 3 aromatic rings. The SMILES string of the molecule is COc1ccc(S(C)(=O)=O)cc1CNC1C2CCN(CC2C(=O)O)C1C(c1ccccc1)c1ccccc1. The Balaban J connectivity index is 1.55. The van der Waals surface area contributed by atoms with Gasteiger partial charge in [-0.05, 0) is 48.2 Å². The molecule has 7 nitrogen and oxygen atoms in total. The molecule has 3 fully saturated rings. The standard InChI is InChI=1S/C30H34N2O5S/c1-37-26-14-13-23(38(2,35)36)17-22(26)18-31-28-24-15-16-32(19-25(24)30(33)34)29(28)27(20-9-5-3-6-10-20)21-11-7-4-8-12-21/h3-14,17,24-25,27-29,31H,15-16,18-19H2,1-2H3,(H,33,34). The zero-order valence-corrected chi connectivity index (χ0v) is 22.5. The second-order valence-electron chi connectivity index (χ2n) is 10.3. The lowest BCUT2D eigenvalue weighted by Gasteiger charge is -2.56. The van der Waals surface area contributed by atoms with Gasteiger partial charge >= 0.3 is 5.97 Å². The smallest absolute Gasteiger partial charge is 0.308 e. The maximum atomic E-state index is 12.3. The first-order valence-electron chi connectivity index (χ1n) is 12.9. The molecule has 0 amide bonds. The number of hydrogen-bond donors (Lipinski definition) is 2. The summed E-state index contributed by atoms with van der Waals surface area (Å²) < 4.78 is 30.0. The van der Waals surface area contributed by atoms with Gasteiger partial charge in [-0.15, -0.1) is 0 Å². The molecule has 38 heavy (non-hydrogen) atoms. The molecule has 2 bridgehead atoms. The lowest BCUT2D eigenvalue weighted by Crippen LogP contribution is -2.68. The van der Waals surface area contributed by atoms with E-state index in [1.54, 1.807) is 25.3 Å². The summed E-state index contributed by atoms with van der Waals surface area (Å²) in [7, 11) is -1.82. The maximum absolute atomic E-state index is 12.3. The number of carboxylic acid groups (broad SMARTS) is 1. The monoisotopic (exact) mass is 534 g/mol. The predicted molar refractivity (Wildman–Crippen MR) is 146 cm³/mol. The largest absolute Gasteiger partial charge is 0.496 e. The molecular formula is C30H34N2O5S. The second kappa shape index (κ2) is 10.9. The fourth-order valence-electron chi connectivity index (χ4n) is 6.39. The number of carboxylic acids is 1. The van der Waals surface area contributed by atoms with Crippen LogP contribution in [0.2, 0.25) is 0 Å². The molecule has 3 aromatic carbocycles. The molecule has 3 aliphatic rings. The van der Waals surface area contributed by atoms with Crippen LogP contribution in [0.5, 0.6) is 5.75 Å². The number of nitrogens with zero attached hydrogens (tertiary/aromatic N) is 1. The molecule has 0 aliphatic carbocycles. The van der Waals surface area contributed by atoms with Crippen LogP contribution in [0.25, 0.3) is 0 Å². The van der Waals surface area contributed by atoms with Crippen molar-refractivity contribution < 1.29 is 23.1 Å². The number of carbonyl (C=O) groups is 1. The third-order valence-electron chi connectivity index (χ3n) is 8.13. The van der Waals surface area contributed by atoms with Gasteiger partial charge in [0, 0.05) is 42.9 Å². The number of benzene rings is 3. The first-order chi connectivity index (χ1) is 18.3. The Bertz CT molecular complexity index is 1340. The van der Waals surface area contributed by atoms with Gasteiger partial charge in [0.25, 0.3) is 0 Å². The van der Waals surface area contributed by atoms with E-state index in [0.29, 0.717) is 18.8 Å². The third kappa shape index (κ3) is 5.21. The Morgan fingerprint density at radius 1 is 1.05 bits per heavy atom. The van der Waals surface area contributed by atoms with E-state index < -0.39 is 21.7 Å². The Labute approximate surface area is 224 Å². The van der Waals surface area contributed by atoms with Gasteiger partial charge in [-0.1, -0.05) is 60.7 Å². The van der Waals surface area contributed by atoms with E-state index in [1.807, 2.05) is 36.4 Å². The van der Waals surface area contributed by atoms with E-state index in [2.05, 4.69) is 34.5 Å². The van der Waals surface area contributed by atoms with Crippen LogP contribution < -0.4 is 10.1 Å². The van der Waals surface area contributed by atoms with Crippen molar-refractivity contribution in [3.8, 4) is 5.75 Å². The van der Waals surface area contributed by atoms with Crippen LogP contribution in [-0.4, -0.2) is 62.9 Å². The van der Waals surface area contributed by atoms with Crippen molar-refractivity contribution in [1.29, 1.82) is 0 Å². The molecule has 8 heteroatoms.